The van der Waals surface area contributed by atoms with Crippen LogP contribution >= 0.6 is 0 Å². The quantitative estimate of drug-likeness (QED) is 0.271. The summed E-state index contributed by atoms with van der Waals surface area (Å²) in [6.45, 7) is 11.3. The van der Waals surface area contributed by atoms with Gasteiger partial charge in [0.2, 0.25) is 0 Å². The van der Waals surface area contributed by atoms with Crippen LogP contribution in [0.25, 0.3) is 21.5 Å². The first-order chi connectivity index (χ1) is 17.8. The van der Waals surface area contributed by atoms with E-state index in [0.717, 1.165) is 26.2 Å². The van der Waals surface area contributed by atoms with Crippen molar-refractivity contribution in [3.63, 3.8) is 0 Å². The van der Waals surface area contributed by atoms with Gasteiger partial charge in [-0.1, -0.05) is 72.8 Å². The van der Waals surface area contributed by atoms with Crippen molar-refractivity contribution in [2.75, 3.05) is 52.4 Å². The van der Waals surface area contributed by atoms with Crippen LogP contribution in [0, 0.1) is 0 Å². The van der Waals surface area contributed by atoms with E-state index in [1.807, 2.05) is 0 Å². The van der Waals surface area contributed by atoms with Gasteiger partial charge in [-0.15, -0.1) is 0 Å². The third kappa shape index (κ3) is 7.14. The highest BCUT2D eigenvalue weighted by Crippen LogP contribution is 2.16. The summed E-state index contributed by atoms with van der Waals surface area (Å²) in [5, 5.41) is 12.6. The number of hydrogen-bond donors (Lipinski definition) is 2. The first-order valence-electron chi connectivity index (χ1n) is 13.6. The highest BCUT2D eigenvalue weighted by molar-refractivity contribution is 5.83. The second kappa shape index (κ2) is 13.0. The molecule has 0 spiro atoms. The molecule has 1 aliphatic rings. The first-order valence-corrected chi connectivity index (χ1v) is 13.6. The predicted octanol–water partition coefficient (Wildman–Crippen LogP) is 5.27. The minimum Gasteiger partial charge on any atom is -0.313 e. The van der Waals surface area contributed by atoms with E-state index < -0.39 is 0 Å². The minimum atomic E-state index is 0.952. The van der Waals surface area contributed by atoms with E-state index in [1.54, 1.807) is 0 Å². The van der Waals surface area contributed by atoms with Crippen LogP contribution < -0.4 is 10.6 Å². The predicted molar refractivity (Wildman–Crippen MR) is 153 cm³/mol. The van der Waals surface area contributed by atoms with Gasteiger partial charge in [0.15, 0.2) is 0 Å². The molecule has 2 N–H and O–H groups in total. The van der Waals surface area contributed by atoms with Crippen LogP contribution in [0.15, 0.2) is 84.9 Å². The van der Waals surface area contributed by atoms with Crippen LogP contribution in [0.4, 0.5) is 0 Å². The Balaban J connectivity index is 0.901. The maximum atomic E-state index is 3.63. The second-order valence-electron chi connectivity index (χ2n) is 10.1. The SMILES string of the molecule is c1ccc2cc(CNCCCN3CCN(CCCNCc4ccc5ccccc5c4)CC3)ccc2c1. The number of nitrogens with zero attached hydrogens (tertiary/aromatic N) is 2. The van der Waals surface area contributed by atoms with Gasteiger partial charge in [-0.2, -0.15) is 0 Å². The van der Waals surface area contributed by atoms with E-state index in [0.29, 0.717) is 0 Å². The lowest BCUT2D eigenvalue weighted by atomic mass is 10.1. The van der Waals surface area contributed by atoms with Gasteiger partial charge < -0.3 is 20.4 Å². The summed E-state index contributed by atoms with van der Waals surface area (Å²) in [7, 11) is 0. The maximum absolute atomic E-state index is 3.63. The van der Waals surface area contributed by atoms with Crippen molar-refractivity contribution >= 4 is 21.5 Å². The van der Waals surface area contributed by atoms with Crippen molar-refractivity contribution in [1.82, 2.24) is 20.4 Å². The van der Waals surface area contributed by atoms with Gasteiger partial charge in [0, 0.05) is 39.3 Å². The van der Waals surface area contributed by atoms with E-state index in [1.165, 1.54) is 84.8 Å². The Kier molecular flexibility index (Phi) is 8.98. The van der Waals surface area contributed by atoms with E-state index in [4.69, 9.17) is 0 Å². The van der Waals surface area contributed by atoms with Crippen LogP contribution in [0.1, 0.15) is 24.0 Å². The normalized spacial score (nSPS) is 15.1. The van der Waals surface area contributed by atoms with E-state index in [-0.39, 0.29) is 0 Å². The zero-order chi connectivity index (χ0) is 24.4. The molecule has 0 amide bonds. The van der Waals surface area contributed by atoms with Crippen molar-refractivity contribution < 1.29 is 0 Å². The van der Waals surface area contributed by atoms with Crippen molar-refractivity contribution in [3.8, 4) is 0 Å². The fourth-order valence-corrected chi connectivity index (χ4v) is 5.25. The summed E-state index contributed by atoms with van der Waals surface area (Å²) in [5.74, 6) is 0. The summed E-state index contributed by atoms with van der Waals surface area (Å²) < 4.78 is 0. The van der Waals surface area contributed by atoms with Gasteiger partial charge >= 0.3 is 0 Å². The largest absolute Gasteiger partial charge is 0.313 e. The molecule has 0 saturated carbocycles. The number of fused-ring (bicyclic) bond motifs is 2. The molecular weight excluding hydrogens is 440 g/mol. The maximum Gasteiger partial charge on any atom is 0.0205 e. The summed E-state index contributed by atoms with van der Waals surface area (Å²) >= 11 is 0. The third-order valence-electron chi connectivity index (χ3n) is 7.41. The average molecular weight is 481 g/mol. The van der Waals surface area contributed by atoms with Crippen molar-refractivity contribution in [3.05, 3.63) is 96.1 Å². The number of benzene rings is 4. The molecule has 4 aromatic carbocycles. The van der Waals surface area contributed by atoms with Gasteiger partial charge in [0.25, 0.3) is 0 Å². The van der Waals surface area contributed by atoms with Crippen molar-refractivity contribution in [2.24, 2.45) is 0 Å². The number of nitrogens with one attached hydrogen (secondary N) is 2. The lowest BCUT2D eigenvalue weighted by Crippen LogP contribution is -2.47. The Labute approximate surface area is 216 Å². The number of hydrogen-bond acceptors (Lipinski definition) is 4. The van der Waals surface area contributed by atoms with Crippen LogP contribution in [-0.4, -0.2) is 62.2 Å². The molecule has 1 saturated heterocycles. The Morgan fingerprint density at radius 1 is 0.500 bits per heavy atom. The number of piperazine rings is 1. The molecule has 0 aliphatic carbocycles. The lowest BCUT2D eigenvalue weighted by molar-refractivity contribution is 0.130. The first kappa shape index (κ1) is 24.9. The van der Waals surface area contributed by atoms with Gasteiger partial charge in [-0.3, -0.25) is 0 Å². The molecule has 0 aromatic heterocycles. The highest BCUT2D eigenvalue weighted by atomic mass is 15.3. The molecule has 1 fully saturated rings. The Morgan fingerprint density at radius 3 is 1.36 bits per heavy atom. The number of rotatable bonds is 12. The van der Waals surface area contributed by atoms with E-state index >= 15 is 0 Å². The molecule has 0 radical (unpaired) electrons. The summed E-state index contributed by atoms with van der Waals surface area (Å²) in [6.07, 6.45) is 2.43. The van der Waals surface area contributed by atoms with E-state index in [2.05, 4.69) is 105 Å². The summed E-state index contributed by atoms with van der Waals surface area (Å²) in [4.78, 5) is 5.26. The summed E-state index contributed by atoms with van der Waals surface area (Å²) in [5.41, 5.74) is 2.74. The van der Waals surface area contributed by atoms with Crippen LogP contribution in [0.3, 0.4) is 0 Å². The van der Waals surface area contributed by atoms with Crippen molar-refractivity contribution in [2.45, 2.75) is 25.9 Å². The zero-order valence-electron chi connectivity index (χ0n) is 21.5. The molecule has 1 heterocycles. The molecule has 1 aliphatic heterocycles. The van der Waals surface area contributed by atoms with Crippen LogP contribution in [0.2, 0.25) is 0 Å². The fraction of sp³-hybridized carbons (Fsp3) is 0.375. The lowest BCUT2D eigenvalue weighted by Gasteiger charge is -2.34. The van der Waals surface area contributed by atoms with Gasteiger partial charge in [0.05, 0.1) is 0 Å². The molecule has 188 valence electrons. The smallest absolute Gasteiger partial charge is 0.0205 e. The molecule has 0 bridgehead atoms. The van der Waals surface area contributed by atoms with Crippen molar-refractivity contribution in [1.29, 1.82) is 0 Å². The molecule has 0 atom stereocenters. The zero-order valence-corrected chi connectivity index (χ0v) is 21.5. The van der Waals surface area contributed by atoms with E-state index in [9.17, 15) is 0 Å². The Morgan fingerprint density at radius 2 is 0.917 bits per heavy atom. The molecule has 4 nitrogen and oxygen atoms in total. The van der Waals surface area contributed by atoms with Gasteiger partial charge in [-0.25, -0.2) is 0 Å². The molecule has 36 heavy (non-hydrogen) atoms. The monoisotopic (exact) mass is 480 g/mol. The third-order valence-corrected chi connectivity index (χ3v) is 7.41. The Bertz CT molecular complexity index is 1130. The summed E-state index contributed by atoms with van der Waals surface area (Å²) in [6, 6.07) is 30.7. The standard InChI is InChI=1S/C32H40N4/c1-3-9-31-23-27(11-13-29(31)7-1)25-33-15-5-17-35-19-21-36(22-20-35)18-6-16-34-26-28-12-14-30-8-2-4-10-32(30)24-28/h1-4,7-14,23-24,33-34H,5-6,15-22,25-26H2. The highest BCUT2D eigenvalue weighted by Gasteiger charge is 2.15. The molecule has 4 aromatic rings. The molecular formula is C32H40N4. The van der Waals surface area contributed by atoms with Gasteiger partial charge in [-0.05, 0) is 83.8 Å². The fourth-order valence-electron chi connectivity index (χ4n) is 5.25. The molecule has 0 unspecified atom stereocenters. The topological polar surface area (TPSA) is 30.5 Å². The van der Waals surface area contributed by atoms with Crippen LogP contribution in [-0.2, 0) is 13.1 Å². The average Bonchev–Trinajstić information content (AvgIpc) is 2.93. The molecule has 5 rings (SSSR count). The minimum absolute atomic E-state index is 0.952. The van der Waals surface area contributed by atoms with Gasteiger partial charge in [0.1, 0.15) is 0 Å². The molecule has 4 heteroatoms. The Hall–Kier alpha value is -2.76. The van der Waals surface area contributed by atoms with Crippen LogP contribution in [0.5, 0.6) is 0 Å². The second-order valence-corrected chi connectivity index (χ2v) is 10.1.